The second kappa shape index (κ2) is 10.4. The lowest BCUT2D eigenvalue weighted by Crippen LogP contribution is -2.38. The molecule has 4 rings (SSSR count). The highest BCUT2D eigenvalue weighted by Crippen LogP contribution is 2.27. The fourth-order valence-corrected chi connectivity index (χ4v) is 5.58. The number of carbonyl (C=O) groups excluding carboxylic acids is 1. The van der Waals surface area contributed by atoms with Crippen LogP contribution in [0.2, 0.25) is 0 Å². The van der Waals surface area contributed by atoms with Crippen molar-refractivity contribution in [2.75, 3.05) is 23.3 Å². The maximum atomic E-state index is 13.7. The second-order valence-corrected chi connectivity index (χ2v) is 10.3. The number of sulfonamides is 1. The minimum Gasteiger partial charge on any atom is -0.496 e. The number of ether oxygens (including phenoxy) is 1. The molecule has 10 heteroatoms. The van der Waals surface area contributed by atoms with Crippen LogP contribution in [-0.2, 0) is 21.9 Å². The monoisotopic (exact) mass is 520 g/mol. The zero-order chi connectivity index (χ0) is 26.7. The highest BCUT2D eigenvalue weighted by Gasteiger charge is 2.29. The predicted molar refractivity (Wildman–Crippen MR) is 143 cm³/mol. The van der Waals surface area contributed by atoms with Crippen molar-refractivity contribution in [1.82, 2.24) is 9.36 Å². The molecule has 0 atom stereocenters. The van der Waals surface area contributed by atoms with Gasteiger partial charge in [-0.25, -0.2) is 13.1 Å². The lowest BCUT2D eigenvalue weighted by Gasteiger charge is -2.24. The van der Waals surface area contributed by atoms with Crippen molar-refractivity contribution >= 4 is 27.3 Å². The maximum Gasteiger partial charge on any atom is 0.295 e. The summed E-state index contributed by atoms with van der Waals surface area (Å²) in [6.45, 7) is 2.92. The van der Waals surface area contributed by atoms with Crippen molar-refractivity contribution < 1.29 is 17.9 Å². The van der Waals surface area contributed by atoms with Crippen LogP contribution in [0.5, 0.6) is 5.75 Å². The van der Waals surface area contributed by atoms with Crippen LogP contribution in [0.4, 0.5) is 11.4 Å². The number of benzene rings is 3. The summed E-state index contributed by atoms with van der Waals surface area (Å²) in [5.41, 5.74) is 1.80. The van der Waals surface area contributed by atoms with Gasteiger partial charge in [0.25, 0.3) is 15.6 Å². The Hall–Kier alpha value is -4.31. The number of hydrogen-bond donors (Lipinski definition) is 1. The summed E-state index contributed by atoms with van der Waals surface area (Å²) in [4.78, 5) is 26.4. The molecule has 4 aromatic rings. The largest absolute Gasteiger partial charge is 0.496 e. The molecule has 0 aliphatic rings. The van der Waals surface area contributed by atoms with Crippen molar-refractivity contribution in [1.29, 1.82) is 0 Å². The first-order valence-electron chi connectivity index (χ1n) is 11.5. The fraction of sp³-hybridized carbons (Fsp3) is 0.185. The normalized spacial score (nSPS) is 11.2. The number of nitrogens with zero attached hydrogens (tertiary/aromatic N) is 3. The van der Waals surface area contributed by atoms with Crippen molar-refractivity contribution in [3.05, 3.63) is 100 Å². The first kappa shape index (κ1) is 25.8. The lowest BCUT2D eigenvalue weighted by atomic mass is 10.2. The summed E-state index contributed by atoms with van der Waals surface area (Å²) in [5, 5.41) is 2.64. The first-order valence-corrected chi connectivity index (χ1v) is 13.0. The first-order chi connectivity index (χ1) is 17.6. The molecule has 9 nitrogen and oxygen atoms in total. The Balaban J connectivity index is 1.69. The lowest BCUT2D eigenvalue weighted by molar-refractivity contribution is -0.114. The molecular weight excluding hydrogens is 492 g/mol. The van der Waals surface area contributed by atoms with E-state index in [1.54, 1.807) is 74.1 Å². The molecule has 0 saturated heterocycles. The maximum absolute atomic E-state index is 13.7. The molecular formula is C27H28N4O5S. The zero-order valence-corrected chi connectivity index (χ0v) is 21.8. The van der Waals surface area contributed by atoms with E-state index in [1.165, 1.54) is 23.9 Å². The van der Waals surface area contributed by atoms with Crippen molar-refractivity contribution in [2.45, 2.75) is 18.7 Å². The highest BCUT2D eigenvalue weighted by molar-refractivity contribution is 7.92. The molecule has 37 heavy (non-hydrogen) atoms. The van der Waals surface area contributed by atoms with Crippen molar-refractivity contribution in [2.24, 2.45) is 7.05 Å². The van der Waals surface area contributed by atoms with Crippen molar-refractivity contribution in [3.8, 4) is 11.4 Å². The molecule has 1 heterocycles. The van der Waals surface area contributed by atoms with E-state index in [4.69, 9.17) is 4.74 Å². The van der Waals surface area contributed by atoms with E-state index in [0.29, 0.717) is 28.4 Å². The van der Waals surface area contributed by atoms with Gasteiger partial charge in [-0.05, 0) is 61.9 Å². The molecule has 192 valence electrons. The summed E-state index contributed by atoms with van der Waals surface area (Å²) < 4.78 is 36.7. The van der Waals surface area contributed by atoms with Crippen LogP contribution in [0.3, 0.4) is 0 Å². The van der Waals surface area contributed by atoms with Crippen LogP contribution in [0.15, 0.2) is 88.6 Å². The number of hydrogen-bond acceptors (Lipinski definition) is 5. The van der Waals surface area contributed by atoms with Crippen LogP contribution in [0.1, 0.15) is 11.3 Å². The third-order valence-electron chi connectivity index (χ3n) is 6.10. The number of amides is 1. The van der Waals surface area contributed by atoms with E-state index in [9.17, 15) is 18.0 Å². The van der Waals surface area contributed by atoms with Gasteiger partial charge in [0.05, 0.1) is 29.1 Å². The van der Waals surface area contributed by atoms with E-state index >= 15 is 0 Å². The van der Waals surface area contributed by atoms with Gasteiger partial charge in [-0.2, -0.15) is 0 Å². The molecule has 1 N–H and O–H groups in total. The van der Waals surface area contributed by atoms with Gasteiger partial charge in [0.15, 0.2) is 0 Å². The topological polar surface area (TPSA) is 103 Å². The van der Waals surface area contributed by atoms with E-state index in [-0.39, 0.29) is 10.6 Å². The molecule has 0 spiro atoms. The summed E-state index contributed by atoms with van der Waals surface area (Å²) in [7, 11) is -0.904. The number of para-hydroxylation sites is 2. The van der Waals surface area contributed by atoms with E-state index in [2.05, 4.69) is 5.32 Å². The number of aryl methyl sites for hydroxylation is 1. The van der Waals surface area contributed by atoms with E-state index in [0.717, 1.165) is 4.31 Å². The number of anilines is 2. The molecule has 0 aliphatic heterocycles. The van der Waals surface area contributed by atoms with Gasteiger partial charge in [0.2, 0.25) is 5.91 Å². The summed E-state index contributed by atoms with van der Waals surface area (Å²) in [5.74, 6) is -0.0964. The Morgan fingerprint density at radius 3 is 2.19 bits per heavy atom. The fourth-order valence-electron chi connectivity index (χ4n) is 4.07. The Morgan fingerprint density at radius 2 is 1.59 bits per heavy atom. The highest BCUT2D eigenvalue weighted by atomic mass is 32.2. The van der Waals surface area contributed by atoms with Gasteiger partial charge >= 0.3 is 0 Å². The average Bonchev–Trinajstić information content (AvgIpc) is 3.11. The molecule has 0 saturated carbocycles. The van der Waals surface area contributed by atoms with Crippen LogP contribution in [-0.4, -0.2) is 37.3 Å². The van der Waals surface area contributed by atoms with Crippen LogP contribution < -0.4 is 19.9 Å². The molecule has 0 radical (unpaired) electrons. The van der Waals surface area contributed by atoms with Crippen molar-refractivity contribution in [3.63, 3.8) is 0 Å². The minimum atomic E-state index is -4.13. The number of nitrogens with one attached hydrogen (secondary N) is 1. The van der Waals surface area contributed by atoms with Gasteiger partial charge in [0.1, 0.15) is 18.0 Å². The Labute approximate surface area is 215 Å². The van der Waals surface area contributed by atoms with Gasteiger partial charge in [-0.1, -0.05) is 36.4 Å². The third kappa shape index (κ3) is 5.01. The number of aromatic nitrogens is 2. The standard InChI is InChI=1S/C27H28N4O5S/c1-19-17-23(15-16-24(19)36-4)37(34,35)30(21-11-7-5-8-12-21)18-25(32)28-26-20(2)29(3)31(27(26)33)22-13-9-6-10-14-22/h5-17H,18H2,1-4H3,(H,28,32). The summed E-state index contributed by atoms with van der Waals surface area (Å²) >= 11 is 0. The number of methoxy groups -OCH3 is 1. The van der Waals surface area contributed by atoms with Gasteiger partial charge in [-0.15, -0.1) is 0 Å². The van der Waals surface area contributed by atoms with E-state index in [1.807, 2.05) is 18.2 Å². The van der Waals surface area contributed by atoms with Crippen LogP contribution in [0.25, 0.3) is 5.69 Å². The molecule has 0 bridgehead atoms. The SMILES string of the molecule is COc1ccc(S(=O)(=O)N(CC(=O)Nc2c(C)n(C)n(-c3ccccc3)c2=O)c2ccccc2)cc1C. The smallest absolute Gasteiger partial charge is 0.295 e. The Bertz CT molecular complexity index is 1590. The number of carbonyl (C=O) groups is 1. The Kier molecular flexibility index (Phi) is 7.21. The van der Waals surface area contributed by atoms with E-state index < -0.39 is 28.0 Å². The Morgan fingerprint density at radius 1 is 0.973 bits per heavy atom. The molecule has 3 aromatic carbocycles. The molecule has 1 amide bonds. The van der Waals surface area contributed by atoms with Gasteiger partial charge < -0.3 is 10.1 Å². The molecule has 0 unspecified atom stereocenters. The quantitative estimate of drug-likeness (QED) is 0.382. The molecule has 1 aromatic heterocycles. The number of rotatable bonds is 8. The molecule has 0 aliphatic carbocycles. The summed E-state index contributed by atoms with van der Waals surface area (Å²) in [6, 6.07) is 21.9. The van der Waals surface area contributed by atoms with Crippen LogP contribution >= 0.6 is 0 Å². The van der Waals surface area contributed by atoms with Crippen LogP contribution in [0, 0.1) is 13.8 Å². The summed E-state index contributed by atoms with van der Waals surface area (Å²) in [6.07, 6.45) is 0. The minimum absolute atomic E-state index is 0.0183. The van der Waals surface area contributed by atoms with Gasteiger partial charge in [0, 0.05) is 7.05 Å². The third-order valence-corrected chi connectivity index (χ3v) is 7.87. The zero-order valence-electron chi connectivity index (χ0n) is 21.0. The molecule has 0 fully saturated rings. The average molecular weight is 521 g/mol. The predicted octanol–water partition coefficient (Wildman–Crippen LogP) is 3.64. The van der Waals surface area contributed by atoms with Gasteiger partial charge in [-0.3, -0.25) is 18.6 Å². The second-order valence-electron chi connectivity index (χ2n) is 8.46.